The highest BCUT2D eigenvalue weighted by Crippen LogP contribution is 2.22. The minimum absolute atomic E-state index is 0.371. The van der Waals surface area contributed by atoms with Gasteiger partial charge in [-0.05, 0) is 49.4 Å². The molecule has 2 rings (SSSR count). The van der Waals surface area contributed by atoms with E-state index in [4.69, 9.17) is 16.3 Å². The van der Waals surface area contributed by atoms with Gasteiger partial charge in [0.15, 0.2) is 0 Å². The van der Waals surface area contributed by atoms with Crippen LogP contribution in [0, 0.1) is 0 Å². The van der Waals surface area contributed by atoms with E-state index in [1.165, 1.54) is 7.11 Å². The van der Waals surface area contributed by atoms with Crippen molar-refractivity contribution in [2.75, 3.05) is 13.7 Å². The third kappa shape index (κ3) is 4.09. The Labute approximate surface area is 134 Å². The molecule has 0 aliphatic heterocycles. The molecular formula is C17H16ClNO3. The van der Waals surface area contributed by atoms with E-state index in [0.29, 0.717) is 17.2 Å². The molecule has 0 aliphatic rings. The molecule has 0 radical (unpaired) electrons. The normalized spacial score (nSPS) is 10.7. The molecular weight excluding hydrogens is 302 g/mol. The van der Waals surface area contributed by atoms with Crippen LogP contribution in [-0.4, -0.2) is 25.9 Å². The SMILES string of the molecule is CCOc1ccc(Cl)cc1C=Nc1ccc(C(=O)OC)cc1. The van der Waals surface area contributed by atoms with Gasteiger partial charge in [-0.25, -0.2) is 4.79 Å². The van der Waals surface area contributed by atoms with E-state index in [-0.39, 0.29) is 5.97 Å². The van der Waals surface area contributed by atoms with Crippen molar-refractivity contribution in [3.8, 4) is 5.75 Å². The van der Waals surface area contributed by atoms with Crippen molar-refractivity contribution in [1.29, 1.82) is 0 Å². The molecule has 0 heterocycles. The maximum absolute atomic E-state index is 11.4. The van der Waals surface area contributed by atoms with Crippen LogP contribution in [0.3, 0.4) is 0 Å². The maximum Gasteiger partial charge on any atom is 0.337 e. The van der Waals surface area contributed by atoms with E-state index >= 15 is 0 Å². The zero-order valence-electron chi connectivity index (χ0n) is 12.4. The van der Waals surface area contributed by atoms with Crippen molar-refractivity contribution in [2.45, 2.75) is 6.92 Å². The van der Waals surface area contributed by atoms with Gasteiger partial charge in [-0.1, -0.05) is 11.6 Å². The number of carbonyl (C=O) groups is 1. The Hall–Kier alpha value is -2.33. The zero-order chi connectivity index (χ0) is 15.9. The Morgan fingerprint density at radius 2 is 1.95 bits per heavy atom. The third-order valence-corrected chi connectivity index (χ3v) is 3.15. The summed E-state index contributed by atoms with van der Waals surface area (Å²) in [6.07, 6.45) is 1.68. The Balaban J connectivity index is 2.21. The van der Waals surface area contributed by atoms with E-state index in [2.05, 4.69) is 9.73 Å². The molecule has 114 valence electrons. The maximum atomic E-state index is 11.4. The summed E-state index contributed by atoms with van der Waals surface area (Å²) in [5, 5.41) is 0.617. The second kappa shape index (κ2) is 7.61. The van der Waals surface area contributed by atoms with Crippen molar-refractivity contribution >= 4 is 29.5 Å². The van der Waals surface area contributed by atoms with Gasteiger partial charge in [-0.3, -0.25) is 4.99 Å². The van der Waals surface area contributed by atoms with Gasteiger partial charge in [0.25, 0.3) is 0 Å². The standard InChI is InChI=1S/C17H16ClNO3/c1-3-22-16-9-6-14(18)10-13(16)11-19-15-7-4-12(5-8-15)17(20)21-2/h4-11H,3H2,1-2H3. The molecule has 5 heteroatoms. The number of carbonyl (C=O) groups excluding carboxylic acids is 1. The number of hydrogen-bond acceptors (Lipinski definition) is 4. The molecule has 0 bridgehead atoms. The lowest BCUT2D eigenvalue weighted by molar-refractivity contribution is 0.0601. The van der Waals surface area contributed by atoms with E-state index < -0.39 is 0 Å². The third-order valence-electron chi connectivity index (χ3n) is 2.91. The molecule has 0 spiro atoms. The minimum atomic E-state index is -0.371. The van der Waals surface area contributed by atoms with Gasteiger partial charge >= 0.3 is 5.97 Å². The van der Waals surface area contributed by atoms with Crippen LogP contribution in [0.15, 0.2) is 47.5 Å². The summed E-state index contributed by atoms with van der Waals surface area (Å²) in [6, 6.07) is 12.2. The van der Waals surface area contributed by atoms with Gasteiger partial charge in [0.05, 0.1) is 25.0 Å². The molecule has 0 unspecified atom stereocenters. The minimum Gasteiger partial charge on any atom is -0.493 e. The predicted molar refractivity (Wildman–Crippen MR) is 87.7 cm³/mol. The highest BCUT2D eigenvalue weighted by atomic mass is 35.5. The fourth-order valence-corrected chi connectivity index (χ4v) is 2.03. The molecule has 0 aromatic heterocycles. The first-order valence-electron chi connectivity index (χ1n) is 6.79. The summed E-state index contributed by atoms with van der Waals surface area (Å²) < 4.78 is 10.2. The van der Waals surface area contributed by atoms with Gasteiger partial charge in [0.1, 0.15) is 5.75 Å². The van der Waals surface area contributed by atoms with Crippen LogP contribution in [0.1, 0.15) is 22.8 Å². The smallest absolute Gasteiger partial charge is 0.337 e. The lowest BCUT2D eigenvalue weighted by Gasteiger charge is -2.07. The van der Waals surface area contributed by atoms with Crippen molar-refractivity contribution in [3.63, 3.8) is 0 Å². The van der Waals surface area contributed by atoms with E-state index in [9.17, 15) is 4.79 Å². The second-order valence-corrected chi connectivity index (χ2v) is 4.85. The average molecular weight is 318 g/mol. The molecule has 0 fully saturated rings. The van der Waals surface area contributed by atoms with Crippen LogP contribution in [0.25, 0.3) is 0 Å². The first kappa shape index (κ1) is 16.0. The largest absolute Gasteiger partial charge is 0.493 e. The summed E-state index contributed by atoms with van der Waals surface area (Å²) in [5.74, 6) is 0.353. The number of hydrogen-bond donors (Lipinski definition) is 0. The number of aliphatic imine (C=N–C) groups is 1. The number of halogens is 1. The van der Waals surface area contributed by atoms with Gasteiger partial charge < -0.3 is 9.47 Å². The van der Waals surface area contributed by atoms with Crippen molar-refractivity contribution < 1.29 is 14.3 Å². The van der Waals surface area contributed by atoms with Crippen LogP contribution < -0.4 is 4.74 Å². The summed E-state index contributed by atoms with van der Waals surface area (Å²) in [5.41, 5.74) is 2.00. The van der Waals surface area contributed by atoms with Gasteiger partial charge in [-0.2, -0.15) is 0 Å². The van der Waals surface area contributed by atoms with Gasteiger partial charge in [0.2, 0.25) is 0 Å². The van der Waals surface area contributed by atoms with Crippen LogP contribution in [0.4, 0.5) is 5.69 Å². The quantitative estimate of drug-likeness (QED) is 0.611. The predicted octanol–water partition coefficient (Wildman–Crippen LogP) is 4.28. The first-order chi connectivity index (χ1) is 10.6. The summed E-state index contributed by atoms with van der Waals surface area (Å²) in [7, 11) is 1.35. The van der Waals surface area contributed by atoms with E-state index in [1.54, 1.807) is 42.6 Å². The second-order valence-electron chi connectivity index (χ2n) is 4.41. The fraction of sp³-hybridized carbons (Fsp3) is 0.176. The van der Waals surface area contributed by atoms with Crippen LogP contribution in [0.2, 0.25) is 5.02 Å². The lowest BCUT2D eigenvalue weighted by Crippen LogP contribution is -1.99. The van der Waals surface area contributed by atoms with Crippen molar-refractivity contribution in [3.05, 3.63) is 58.6 Å². The molecule has 0 saturated heterocycles. The molecule has 0 amide bonds. The van der Waals surface area contributed by atoms with Crippen LogP contribution in [0.5, 0.6) is 5.75 Å². The Morgan fingerprint density at radius 1 is 1.23 bits per heavy atom. The fourth-order valence-electron chi connectivity index (χ4n) is 1.85. The van der Waals surface area contributed by atoms with E-state index in [1.807, 2.05) is 13.0 Å². The molecule has 4 nitrogen and oxygen atoms in total. The summed E-state index contributed by atoms with van der Waals surface area (Å²) in [6.45, 7) is 2.48. The Bertz CT molecular complexity index is 681. The number of esters is 1. The highest BCUT2D eigenvalue weighted by Gasteiger charge is 2.04. The number of benzene rings is 2. The molecule has 0 N–H and O–H groups in total. The van der Waals surface area contributed by atoms with Crippen LogP contribution in [-0.2, 0) is 4.74 Å². The molecule has 22 heavy (non-hydrogen) atoms. The van der Waals surface area contributed by atoms with Crippen molar-refractivity contribution in [1.82, 2.24) is 0 Å². The first-order valence-corrected chi connectivity index (χ1v) is 7.16. The van der Waals surface area contributed by atoms with Crippen LogP contribution >= 0.6 is 11.6 Å². The van der Waals surface area contributed by atoms with Gasteiger partial charge in [-0.15, -0.1) is 0 Å². The summed E-state index contributed by atoms with van der Waals surface area (Å²) >= 11 is 6.00. The number of ether oxygens (including phenoxy) is 2. The number of methoxy groups -OCH3 is 1. The molecule has 0 saturated carbocycles. The molecule has 2 aromatic carbocycles. The molecule has 2 aromatic rings. The monoisotopic (exact) mass is 317 g/mol. The van der Waals surface area contributed by atoms with E-state index in [0.717, 1.165) is 17.0 Å². The topological polar surface area (TPSA) is 47.9 Å². The summed E-state index contributed by atoms with van der Waals surface area (Å²) in [4.78, 5) is 15.7. The zero-order valence-corrected chi connectivity index (χ0v) is 13.1. The highest BCUT2D eigenvalue weighted by molar-refractivity contribution is 6.30. The van der Waals surface area contributed by atoms with Crippen molar-refractivity contribution in [2.24, 2.45) is 4.99 Å². The number of rotatable bonds is 5. The average Bonchev–Trinajstić information content (AvgIpc) is 2.55. The van der Waals surface area contributed by atoms with Gasteiger partial charge in [0, 0.05) is 16.8 Å². The molecule has 0 aliphatic carbocycles. The molecule has 0 atom stereocenters. The number of nitrogens with zero attached hydrogens (tertiary/aromatic N) is 1. The lowest BCUT2D eigenvalue weighted by atomic mass is 10.2. The Morgan fingerprint density at radius 3 is 2.59 bits per heavy atom. The Kier molecular flexibility index (Phi) is 5.55.